The molecule has 0 amide bonds. The topological polar surface area (TPSA) is 66.9 Å². The molecular weight excluding hydrogens is 426 g/mol. The molecule has 0 atom stereocenters. The van der Waals surface area contributed by atoms with Crippen LogP contribution in [-0.4, -0.2) is 23.9 Å². The van der Waals surface area contributed by atoms with Crippen molar-refractivity contribution in [1.29, 1.82) is 0 Å². The standard InChI is InChI=1S/C27H27N5O2/c1-5-24-28-26-21(7-6-8-23(26)32(24)4)19-11-9-18(10-12-19)17-34-27-22(16-31(3)29-27)20-13-14-25(33)30(2)15-20/h6-16H,5,17H2,1-4H3. The Labute approximate surface area is 197 Å². The van der Waals surface area contributed by atoms with Crippen molar-refractivity contribution in [1.82, 2.24) is 23.9 Å². The molecule has 0 aliphatic rings. The molecule has 7 heteroatoms. The van der Waals surface area contributed by atoms with Crippen LogP contribution in [0.3, 0.4) is 0 Å². The molecule has 0 unspecified atom stereocenters. The van der Waals surface area contributed by atoms with Crippen LogP contribution < -0.4 is 10.3 Å². The Morgan fingerprint density at radius 3 is 2.38 bits per heavy atom. The lowest BCUT2D eigenvalue weighted by atomic mass is 10.0. The third kappa shape index (κ3) is 3.90. The van der Waals surface area contributed by atoms with Crippen molar-refractivity contribution < 1.29 is 4.74 Å². The van der Waals surface area contributed by atoms with Crippen molar-refractivity contribution in [2.75, 3.05) is 0 Å². The van der Waals surface area contributed by atoms with Crippen molar-refractivity contribution in [2.24, 2.45) is 21.1 Å². The molecule has 0 saturated carbocycles. The average molecular weight is 454 g/mol. The zero-order valence-corrected chi connectivity index (χ0v) is 19.8. The lowest BCUT2D eigenvalue weighted by Gasteiger charge is -2.08. The second kappa shape index (κ2) is 8.67. The van der Waals surface area contributed by atoms with Crippen LogP contribution in [0.1, 0.15) is 18.3 Å². The third-order valence-corrected chi connectivity index (χ3v) is 6.15. The maximum Gasteiger partial charge on any atom is 0.250 e. The van der Waals surface area contributed by atoms with Crippen LogP contribution in [0, 0.1) is 0 Å². The number of imidazole rings is 1. The summed E-state index contributed by atoms with van der Waals surface area (Å²) >= 11 is 0. The number of ether oxygens (including phenoxy) is 1. The van der Waals surface area contributed by atoms with Gasteiger partial charge in [-0.2, -0.15) is 0 Å². The first kappa shape index (κ1) is 21.7. The molecule has 2 aromatic carbocycles. The van der Waals surface area contributed by atoms with Gasteiger partial charge in [-0.25, -0.2) is 4.98 Å². The van der Waals surface area contributed by atoms with Gasteiger partial charge < -0.3 is 13.9 Å². The second-order valence-electron chi connectivity index (χ2n) is 8.49. The van der Waals surface area contributed by atoms with E-state index in [4.69, 9.17) is 9.72 Å². The van der Waals surface area contributed by atoms with Crippen LogP contribution >= 0.6 is 0 Å². The van der Waals surface area contributed by atoms with Gasteiger partial charge in [0.05, 0.1) is 16.6 Å². The van der Waals surface area contributed by atoms with Gasteiger partial charge in [0, 0.05) is 57.2 Å². The molecule has 0 aliphatic carbocycles. The number of pyridine rings is 1. The van der Waals surface area contributed by atoms with E-state index in [-0.39, 0.29) is 5.56 Å². The molecule has 7 nitrogen and oxygen atoms in total. The molecular formula is C27H27N5O2. The Morgan fingerprint density at radius 1 is 0.882 bits per heavy atom. The summed E-state index contributed by atoms with van der Waals surface area (Å²) in [6.07, 6.45) is 4.59. The Hall–Kier alpha value is -4.13. The van der Waals surface area contributed by atoms with Crippen LogP contribution in [-0.2, 0) is 34.2 Å². The minimum absolute atomic E-state index is 0.0532. The molecule has 0 saturated heterocycles. The Morgan fingerprint density at radius 2 is 1.65 bits per heavy atom. The number of aryl methyl sites for hydroxylation is 4. The molecule has 5 rings (SSSR count). The number of benzene rings is 2. The number of para-hydroxylation sites is 1. The number of nitrogens with zero attached hydrogens (tertiary/aromatic N) is 5. The normalized spacial score (nSPS) is 11.3. The number of aromatic nitrogens is 5. The maximum atomic E-state index is 11.7. The van der Waals surface area contributed by atoms with Crippen molar-refractivity contribution in [3.05, 3.63) is 88.7 Å². The Bertz CT molecular complexity index is 1540. The average Bonchev–Trinajstić information content (AvgIpc) is 3.39. The highest BCUT2D eigenvalue weighted by Crippen LogP contribution is 2.30. The molecule has 0 spiro atoms. The summed E-state index contributed by atoms with van der Waals surface area (Å²) in [6, 6.07) is 18.0. The zero-order valence-electron chi connectivity index (χ0n) is 19.8. The summed E-state index contributed by atoms with van der Waals surface area (Å²) < 4.78 is 11.5. The van der Waals surface area contributed by atoms with Gasteiger partial charge in [0.1, 0.15) is 12.4 Å². The minimum Gasteiger partial charge on any atom is -0.471 e. The van der Waals surface area contributed by atoms with E-state index in [0.29, 0.717) is 12.5 Å². The zero-order chi connectivity index (χ0) is 23.8. The summed E-state index contributed by atoms with van der Waals surface area (Å²) in [5, 5.41) is 4.47. The summed E-state index contributed by atoms with van der Waals surface area (Å²) in [7, 11) is 5.66. The van der Waals surface area contributed by atoms with Crippen molar-refractivity contribution in [3.8, 4) is 28.1 Å². The van der Waals surface area contributed by atoms with Gasteiger partial charge in [0.15, 0.2) is 0 Å². The Kier molecular flexibility index (Phi) is 5.53. The number of fused-ring (bicyclic) bond motifs is 1. The number of rotatable bonds is 6. The lowest BCUT2D eigenvalue weighted by molar-refractivity contribution is 0.292. The predicted octanol–water partition coefficient (Wildman–Crippen LogP) is 4.48. The highest BCUT2D eigenvalue weighted by Gasteiger charge is 2.14. The van der Waals surface area contributed by atoms with E-state index in [2.05, 4.69) is 66.1 Å². The molecule has 3 heterocycles. The molecule has 34 heavy (non-hydrogen) atoms. The summed E-state index contributed by atoms with van der Waals surface area (Å²) in [4.78, 5) is 16.6. The first-order valence-corrected chi connectivity index (χ1v) is 11.3. The first-order valence-electron chi connectivity index (χ1n) is 11.3. The number of hydrogen-bond acceptors (Lipinski definition) is 4. The van der Waals surface area contributed by atoms with Crippen LogP contribution in [0.2, 0.25) is 0 Å². The van der Waals surface area contributed by atoms with E-state index in [0.717, 1.165) is 51.1 Å². The predicted molar refractivity (Wildman–Crippen MR) is 134 cm³/mol. The van der Waals surface area contributed by atoms with Crippen molar-refractivity contribution in [2.45, 2.75) is 20.0 Å². The van der Waals surface area contributed by atoms with Gasteiger partial charge in [0.2, 0.25) is 11.4 Å². The first-order chi connectivity index (χ1) is 16.4. The molecule has 5 aromatic rings. The lowest BCUT2D eigenvalue weighted by Crippen LogP contribution is -2.13. The van der Waals surface area contributed by atoms with Gasteiger partial charge in [0.25, 0.3) is 0 Å². The van der Waals surface area contributed by atoms with Crippen LogP contribution in [0.15, 0.2) is 71.8 Å². The van der Waals surface area contributed by atoms with Gasteiger partial charge in [-0.05, 0) is 23.3 Å². The Balaban J connectivity index is 1.38. The fourth-order valence-corrected chi connectivity index (χ4v) is 4.27. The van der Waals surface area contributed by atoms with E-state index in [1.54, 1.807) is 34.6 Å². The van der Waals surface area contributed by atoms with Gasteiger partial charge >= 0.3 is 0 Å². The molecule has 0 radical (unpaired) electrons. The van der Waals surface area contributed by atoms with Crippen molar-refractivity contribution in [3.63, 3.8) is 0 Å². The molecule has 172 valence electrons. The summed E-state index contributed by atoms with van der Waals surface area (Å²) in [6.45, 7) is 2.52. The van der Waals surface area contributed by atoms with Crippen LogP contribution in [0.4, 0.5) is 0 Å². The smallest absolute Gasteiger partial charge is 0.250 e. The van der Waals surface area contributed by atoms with E-state index in [1.165, 1.54) is 0 Å². The fraction of sp³-hybridized carbons (Fsp3) is 0.222. The molecule has 0 aliphatic heterocycles. The van der Waals surface area contributed by atoms with Crippen molar-refractivity contribution >= 4 is 11.0 Å². The third-order valence-electron chi connectivity index (χ3n) is 6.15. The monoisotopic (exact) mass is 453 g/mol. The number of hydrogen-bond donors (Lipinski definition) is 0. The van der Waals surface area contributed by atoms with E-state index in [1.807, 2.05) is 13.2 Å². The fourth-order valence-electron chi connectivity index (χ4n) is 4.27. The van der Waals surface area contributed by atoms with E-state index >= 15 is 0 Å². The maximum absolute atomic E-state index is 11.7. The van der Waals surface area contributed by atoms with E-state index < -0.39 is 0 Å². The van der Waals surface area contributed by atoms with Crippen LogP contribution in [0.5, 0.6) is 5.88 Å². The van der Waals surface area contributed by atoms with Crippen LogP contribution in [0.25, 0.3) is 33.3 Å². The summed E-state index contributed by atoms with van der Waals surface area (Å²) in [5.74, 6) is 1.62. The molecule has 0 bridgehead atoms. The largest absolute Gasteiger partial charge is 0.471 e. The van der Waals surface area contributed by atoms with Gasteiger partial charge in [-0.3, -0.25) is 9.48 Å². The highest BCUT2D eigenvalue weighted by molar-refractivity contribution is 5.92. The molecule has 0 N–H and O–H groups in total. The summed E-state index contributed by atoms with van der Waals surface area (Å²) in [5.41, 5.74) is 7.15. The minimum atomic E-state index is -0.0532. The molecule has 0 fully saturated rings. The quantitative estimate of drug-likeness (QED) is 0.380. The van der Waals surface area contributed by atoms with E-state index in [9.17, 15) is 4.79 Å². The van der Waals surface area contributed by atoms with Gasteiger partial charge in [-0.15, -0.1) is 5.10 Å². The molecule has 3 aromatic heterocycles. The highest BCUT2D eigenvalue weighted by atomic mass is 16.5. The SMILES string of the molecule is CCc1nc2c(-c3ccc(COc4nn(C)cc4-c4ccc(=O)n(C)c4)cc3)cccc2n1C. The van der Waals surface area contributed by atoms with Gasteiger partial charge in [-0.1, -0.05) is 43.3 Å². The second-order valence-corrected chi connectivity index (χ2v) is 8.49.